The molecule has 27 heavy (non-hydrogen) atoms. The Bertz CT molecular complexity index is 1080. The van der Waals surface area contributed by atoms with Gasteiger partial charge in [0.25, 0.3) is 5.91 Å². The van der Waals surface area contributed by atoms with Gasteiger partial charge in [0.2, 0.25) is 0 Å². The molecule has 0 radical (unpaired) electrons. The fraction of sp³-hybridized carbons (Fsp3) is 0.143. The van der Waals surface area contributed by atoms with Crippen LogP contribution in [0.4, 0.5) is 0 Å². The Hall–Kier alpha value is -3.05. The third-order valence-electron chi connectivity index (χ3n) is 4.51. The minimum atomic E-state index is -0.215. The molecule has 0 aliphatic rings. The molecule has 0 atom stereocenters. The maximum atomic E-state index is 12.5. The van der Waals surface area contributed by atoms with Gasteiger partial charge in [0.1, 0.15) is 5.58 Å². The van der Waals surface area contributed by atoms with Gasteiger partial charge in [-0.2, -0.15) is 5.10 Å². The predicted octanol–water partition coefficient (Wildman–Crippen LogP) is 4.55. The highest BCUT2D eigenvalue weighted by molar-refractivity contribution is 6.31. The Balaban J connectivity index is 1.39. The Morgan fingerprint density at radius 2 is 2.04 bits per heavy atom. The van der Waals surface area contributed by atoms with Crippen molar-refractivity contribution < 1.29 is 9.21 Å². The second-order valence-corrected chi connectivity index (χ2v) is 6.76. The van der Waals surface area contributed by atoms with Crippen molar-refractivity contribution in [2.45, 2.75) is 13.3 Å². The molecule has 0 aliphatic heterocycles. The number of amides is 1. The first-order chi connectivity index (χ1) is 13.1. The summed E-state index contributed by atoms with van der Waals surface area (Å²) < 4.78 is 7.50. The molecule has 0 saturated carbocycles. The van der Waals surface area contributed by atoms with E-state index >= 15 is 0 Å². The van der Waals surface area contributed by atoms with E-state index < -0.39 is 0 Å². The first kappa shape index (κ1) is 17.4. The van der Waals surface area contributed by atoms with Crippen molar-refractivity contribution in [2.75, 3.05) is 6.54 Å². The van der Waals surface area contributed by atoms with Gasteiger partial charge < -0.3 is 9.73 Å². The van der Waals surface area contributed by atoms with E-state index in [1.165, 1.54) is 0 Å². The van der Waals surface area contributed by atoms with Crippen LogP contribution in [0.15, 0.2) is 65.3 Å². The highest BCUT2D eigenvalue weighted by Gasteiger charge is 2.17. The number of aryl methyl sites for hydroxylation is 1. The van der Waals surface area contributed by atoms with E-state index in [1.807, 2.05) is 54.2 Å². The van der Waals surface area contributed by atoms with Crippen LogP contribution in [-0.4, -0.2) is 22.2 Å². The molecule has 2 aromatic heterocycles. The maximum Gasteiger partial charge on any atom is 0.287 e. The van der Waals surface area contributed by atoms with Crippen molar-refractivity contribution in [1.29, 1.82) is 0 Å². The average Bonchev–Trinajstić information content (AvgIpc) is 3.31. The van der Waals surface area contributed by atoms with Crippen LogP contribution in [0.1, 0.15) is 21.7 Å². The van der Waals surface area contributed by atoms with Crippen LogP contribution in [-0.2, 0) is 6.42 Å². The first-order valence-electron chi connectivity index (χ1n) is 8.67. The second-order valence-electron chi connectivity index (χ2n) is 6.32. The van der Waals surface area contributed by atoms with E-state index in [9.17, 15) is 4.79 Å². The molecule has 0 unspecified atom stereocenters. The molecule has 0 fully saturated rings. The van der Waals surface area contributed by atoms with E-state index in [0.717, 1.165) is 28.6 Å². The van der Waals surface area contributed by atoms with Crippen molar-refractivity contribution in [1.82, 2.24) is 15.1 Å². The number of aromatic nitrogens is 2. The molecule has 0 spiro atoms. The monoisotopic (exact) mass is 379 g/mol. The number of furan rings is 1. The van der Waals surface area contributed by atoms with Gasteiger partial charge in [-0.25, -0.2) is 4.68 Å². The molecule has 6 heteroatoms. The average molecular weight is 380 g/mol. The largest absolute Gasteiger partial charge is 0.451 e. The van der Waals surface area contributed by atoms with Crippen LogP contribution >= 0.6 is 11.6 Å². The molecule has 2 heterocycles. The molecule has 5 nitrogen and oxygen atoms in total. The zero-order valence-corrected chi connectivity index (χ0v) is 15.5. The van der Waals surface area contributed by atoms with Crippen molar-refractivity contribution in [3.05, 3.63) is 82.8 Å². The number of rotatable bonds is 5. The lowest BCUT2D eigenvalue weighted by molar-refractivity contribution is 0.0928. The van der Waals surface area contributed by atoms with Crippen LogP contribution < -0.4 is 5.32 Å². The lowest BCUT2D eigenvalue weighted by atomic mass is 10.1. The Morgan fingerprint density at radius 1 is 1.22 bits per heavy atom. The molecule has 2 aromatic carbocycles. The van der Waals surface area contributed by atoms with Gasteiger partial charge in [-0.15, -0.1) is 0 Å². The topological polar surface area (TPSA) is 60.1 Å². The number of halogens is 1. The molecule has 1 N–H and O–H groups in total. The number of nitrogens with zero attached hydrogens (tertiary/aromatic N) is 2. The van der Waals surface area contributed by atoms with E-state index in [2.05, 4.69) is 10.4 Å². The van der Waals surface area contributed by atoms with Crippen molar-refractivity contribution >= 4 is 28.5 Å². The second kappa shape index (κ2) is 7.29. The van der Waals surface area contributed by atoms with E-state index in [0.29, 0.717) is 22.9 Å². The van der Waals surface area contributed by atoms with Gasteiger partial charge >= 0.3 is 0 Å². The zero-order valence-electron chi connectivity index (χ0n) is 14.8. The van der Waals surface area contributed by atoms with Crippen LogP contribution in [0.2, 0.25) is 5.02 Å². The molecule has 0 bridgehead atoms. The SMILES string of the molecule is Cc1c(C(=O)NCCc2ccc(-n3cccn3)cc2)oc2ccc(Cl)cc12. The molecule has 1 amide bonds. The van der Waals surface area contributed by atoms with E-state index in [1.54, 1.807) is 18.3 Å². The molecule has 0 aliphatic carbocycles. The summed E-state index contributed by atoms with van der Waals surface area (Å²) in [7, 11) is 0. The fourth-order valence-corrected chi connectivity index (χ4v) is 3.22. The maximum absolute atomic E-state index is 12.5. The molecular formula is C21H18ClN3O2. The summed E-state index contributed by atoms with van der Waals surface area (Å²) in [5, 5.41) is 8.62. The summed E-state index contributed by atoms with van der Waals surface area (Å²) >= 11 is 6.03. The number of nitrogens with one attached hydrogen (secondary N) is 1. The third kappa shape index (κ3) is 3.59. The standard InChI is InChI=1S/C21H18ClN3O2/c1-14-18-13-16(22)5-8-19(18)27-20(14)21(26)23-11-9-15-3-6-17(7-4-15)25-12-2-10-24-25/h2-8,10,12-13H,9,11H2,1H3,(H,23,26). The van der Waals surface area contributed by atoms with Gasteiger partial charge in [-0.05, 0) is 55.3 Å². The van der Waals surface area contributed by atoms with Crippen LogP contribution in [0.5, 0.6) is 0 Å². The number of hydrogen-bond acceptors (Lipinski definition) is 3. The number of carbonyl (C=O) groups is 1. The summed E-state index contributed by atoms with van der Waals surface area (Å²) in [5.74, 6) is 0.120. The number of benzene rings is 2. The van der Waals surface area contributed by atoms with Gasteiger partial charge in [-0.3, -0.25) is 4.79 Å². The molecule has 0 saturated heterocycles. The van der Waals surface area contributed by atoms with Crippen LogP contribution in [0, 0.1) is 6.92 Å². The van der Waals surface area contributed by atoms with Crippen molar-refractivity contribution in [3.8, 4) is 5.69 Å². The highest BCUT2D eigenvalue weighted by Crippen LogP contribution is 2.27. The smallest absolute Gasteiger partial charge is 0.287 e. The quantitative estimate of drug-likeness (QED) is 0.553. The van der Waals surface area contributed by atoms with E-state index in [4.69, 9.17) is 16.0 Å². The minimum Gasteiger partial charge on any atom is -0.451 e. The zero-order chi connectivity index (χ0) is 18.8. The lowest BCUT2D eigenvalue weighted by Gasteiger charge is -2.06. The first-order valence-corrected chi connectivity index (χ1v) is 9.05. The summed E-state index contributed by atoms with van der Waals surface area (Å²) in [5.41, 5.74) is 3.61. The Labute approximate surface area is 161 Å². The van der Waals surface area contributed by atoms with Gasteiger partial charge in [-0.1, -0.05) is 23.7 Å². The van der Waals surface area contributed by atoms with Crippen molar-refractivity contribution in [3.63, 3.8) is 0 Å². The summed E-state index contributed by atoms with van der Waals surface area (Å²) in [6, 6.07) is 15.3. The normalized spacial score (nSPS) is 11.0. The third-order valence-corrected chi connectivity index (χ3v) is 4.74. The fourth-order valence-electron chi connectivity index (χ4n) is 3.05. The van der Waals surface area contributed by atoms with Gasteiger partial charge in [0, 0.05) is 34.9 Å². The number of fused-ring (bicyclic) bond motifs is 1. The minimum absolute atomic E-state index is 0.215. The highest BCUT2D eigenvalue weighted by atomic mass is 35.5. The Morgan fingerprint density at radius 3 is 2.78 bits per heavy atom. The van der Waals surface area contributed by atoms with E-state index in [-0.39, 0.29) is 5.91 Å². The number of carbonyl (C=O) groups excluding carboxylic acids is 1. The molecule has 4 aromatic rings. The predicted molar refractivity (Wildman–Crippen MR) is 106 cm³/mol. The molecular weight excluding hydrogens is 362 g/mol. The van der Waals surface area contributed by atoms with Crippen LogP contribution in [0.3, 0.4) is 0 Å². The van der Waals surface area contributed by atoms with Crippen molar-refractivity contribution in [2.24, 2.45) is 0 Å². The lowest BCUT2D eigenvalue weighted by Crippen LogP contribution is -2.25. The number of hydrogen-bond donors (Lipinski definition) is 1. The van der Waals surface area contributed by atoms with Crippen LogP contribution in [0.25, 0.3) is 16.7 Å². The Kier molecular flexibility index (Phi) is 4.69. The summed E-state index contributed by atoms with van der Waals surface area (Å²) in [4.78, 5) is 12.5. The van der Waals surface area contributed by atoms with Gasteiger partial charge in [0.15, 0.2) is 5.76 Å². The summed E-state index contributed by atoms with van der Waals surface area (Å²) in [6.07, 6.45) is 4.38. The molecule has 136 valence electrons. The summed E-state index contributed by atoms with van der Waals surface area (Å²) in [6.45, 7) is 2.39. The molecule has 4 rings (SSSR count). The van der Waals surface area contributed by atoms with Gasteiger partial charge in [0.05, 0.1) is 5.69 Å².